The van der Waals surface area contributed by atoms with Gasteiger partial charge in [0.25, 0.3) is 5.91 Å². The van der Waals surface area contributed by atoms with E-state index in [-0.39, 0.29) is 11.3 Å². The molecule has 6 heteroatoms. The molecule has 2 aliphatic rings. The lowest BCUT2D eigenvalue weighted by atomic mass is 9.66. The first-order valence-corrected chi connectivity index (χ1v) is 9.52. The van der Waals surface area contributed by atoms with Gasteiger partial charge in [-0.25, -0.2) is 9.78 Å². The molecular formula is C21H21N3O3. The monoisotopic (exact) mass is 363 g/mol. The summed E-state index contributed by atoms with van der Waals surface area (Å²) in [6.07, 6.45) is 5.52. The molecule has 6 nitrogen and oxygen atoms in total. The molecule has 0 bridgehead atoms. The van der Waals surface area contributed by atoms with Crippen LogP contribution in [0.25, 0.3) is 11.2 Å². The zero-order valence-electron chi connectivity index (χ0n) is 15.0. The fourth-order valence-corrected chi connectivity index (χ4v) is 4.86. The minimum Gasteiger partial charge on any atom is -0.406 e. The third-order valence-electron chi connectivity index (χ3n) is 6.05. The Morgan fingerprint density at radius 1 is 1.15 bits per heavy atom. The number of oxazole rings is 1. The molecule has 1 aromatic carbocycles. The smallest absolute Gasteiger partial charge is 0.406 e. The Balaban J connectivity index is 1.47. The molecule has 138 valence electrons. The molecular weight excluding hydrogens is 342 g/mol. The molecule has 2 aromatic heterocycles. The van der Waals surface area contributed by atoms with Crippen molar-refractivity contribution in [2.45, 2.75) is 37.5 Å². The predicted octanol–water partition coefficient (Wildman–Crippen LogP) is 3.03. The number of carbonyl (C=O) groups excluding carboxylic acids is 1. The Labute approximate surface area is 156 Å². The van der Waals surface area contributed by atoms with Crippen molar-refractivity contribution < 1.29 is 9.21 Å². The van der Waals surface area contributed by atoms with Crippen LogP contribution < -0.4 is 5.76 Å². The molecule has 1 fully saturated rings. The molecule has 1 atom stereocenters. The van der Waals surface area contributed by atoms with Crippen LogP contribution in [0.3, 0.4) is 0 Å². The maximum Gasteiger partial charge on any atom is 0.418 e. The second-order valence-electron chi connectivity index (χ2n) is 7.68. The molecule has 27 heavy (non-hydrogen) atoms. The summed E-state index contributed by atoms with van der Waals surface area (Å²) >= 11 is 0. The van der Waals surface area contributed by atoms with Crippen LogP contribution >= 0.6 is 0 Å². The average Bonchev–Trinajstić information content (AvgIpc) is 3.07. The summed E-state index contributed by atoms with van der Waals surface area (Å²) in [4.78, 5) is 33.2. The van der Waals surface area contributed by atoms with E-state index in [0.717, 1.165) is 38.8 Å². The number of aryl methyl sites for hydroxylation is 1. The second-order valence-corrected chi connectivity index (χ2v) is 7.68. The van der Waals surface area contributed by atoms with Gasteiger partial charge in [0.05, 0.1) is 0 Å². The summed E-state index contributed by atoms with van der Waals surface area (Å²) in [5.74, 6) is -0.640. The highest BCUT2D eigenvalue weighted by atomic mass is 16.4. The van der Waals surface area contributed by atoms with Crippen LogP contribution in [0.1, 0.15) is 47.3 Å². The third kappa shape index (κ3) is 2.67. The fraction of sp³-hybridized carbons (Fsp3) is 0.381. The molecule has 1 saturated heterocycles. The number of nitrogens with zero attached hydrogens (tertiary/aromatic N) is 2. The first-order chi connectivity index (χ1) is 13.1. The summed E-state index contributed by atoms with van der Waals surface area (Å²) in [5, 5.41) is 0. The summed E-state index contributed by atoms with van der Waals surface area (Å²) in [6.45, 7) is 1.47. The van der Waals surface area contributed by atoms with Crippen LogP contribution in [-0.4, -0.2) is 33.9 Å². The van der Waals surface area contributed by atoms with Gasteiger partial charge in [0, 0.05) is 18.5 Å². The van der Waals surface area contributed by atoms with Crippen LogP contribution in [0, 0.1) is 0 Å². The number of pyridine rings is 1. The van der Waals surface area contributed by atoms with Crippen LogP contribution in [0.4, 0.5) is 0 Å². The van der Waals surface area contributed by atoms with Crippen molar-refractivity contribution in [3.8, 4) is 0 Å². The number of carbonyl (C=O) groups is 1. The van der Waals surface area contributed by atoms with E-state index in [9.17, 15) is 9.59 Å². The van der Waals surface area contributed by atoms with Crippen LogP contribution in [0.15, 0.2) is 45.6 Å². The van der Waals surface area contributed by atoms with Gasteiger partial charge in [-0.1, -0.05) is 24.3 Å². The lowest BCUT2D eigenvalue weighted by molar-refractivity contribution is 0.0611. The zero-order chi connectivity index (χ0) is 18.4. The molecule has 0 saturated carbocycles. The van der Waals surface area contributed by atoms with Crippen molar-refractivity contribution in [2.75, 3.05) is 13.1 Å². The van der Waals surface area contributed by atoms with Crippen molar-refractivity contribution in [3.05, 3.63) is 63.8 Å². The zero-order valence-corrected chi connectivity index (χ0v) is 15.0. The van der Waals surface area contributed by atoms with Gasteiger partial charge in [0.15, 0.2) is 11.2 Å². The maximum atomic E-state index is 13.1. The second kappa shape index (κ2) is 6.08. The normalized spacial score (nSPS) is 22.1. The van der Waals surface area contributed by atoms with Gasteiger partial charge in [-0.15, -0.1) is 0 Å². The number of hydrogen-bond donors (Lipinski definition) is 1. The number of likely N-dealkylation sites (tertiary alicyclic amines) is 1. The molecule has 1 spiro atoms. The summed E-state index contributed by atoms with van der Waals surface area (Å²) in [5.41, 5.74) is 3.93. The molecule has 0 radical (unpaired) electrons. The van der Waals surface area contributed by atoms with Crippen LogP contribution in [0.2, 0.25) is 0 Å². The van der Waals surface area contributed by atoms with E-state index >= 15 is 0 Å². The highest BCUT2D eigenvalue weighted by molar-refractivity contribution is 5.94. The minimum absolute atomic E-state index is 0.0524. The quantitative estimate of drug-likeness (QED) is 0.721. The van der Waals surface area contributed by atoms with E-state index in [4.69, 9.17) is 4.42 Å². The van der Waals surface area contributed by atoms with E-state index in [1.165, 1.54) is 17.5 Å². The van der Waals surface area contributed by atoms with Gasteiger partial charge >= 0.3 is 5.76 Å². The molecule has 3 aromatic rings. The lowest BCUT2D eigenvalue weighted by Crippen LogP contribution is -2.50. The molecule has 1 N–H and O–H groups in total. The van der Waals surface area contributed by atoms with E-state index in [0.29, 0.717) is 16.9 Å². The first-order valence-electron chi connectivity index (χ1n) is 9.52. The average molecular weight is 363 g/mol. The van der Waals surface area contributed by atoms with Gasteiger partial charge in [-0.2, -0.15) is 0 Å². The highest BCUT2D eigenvalue weighted by Gasteiger charge is 2.41. The topological polar surface area (TPSA) is 79.2 Å². The number of aromatic nitrogens is 2. The summed E-state index contributed by atoms with van der Waals surface area (Å²) in [7, 11) is 0. The van der Waals surface area contributed by atoms with Gasteiger partial charge in [0.2, 0.25) is 0 Å². The molecule has 1 unspecified atom stereocenters. The number of hydrogen-bond acceptors (Lipinski definition) is 4. The van der Waals surface area contributed by atoms with Crippen molar-refractivity contribution in [2.24, 2.45) is 0 Å². The summed E-state index contributed by atoms with van der Waals surface area (Å²) < 4.78 is 4.98. The Morgan fingerprint density at radius 2 is 2.00 bits per heavy atom. The van der Waals surface area contributed by atoms with Crippen molar-refractivity contribution >= 4 is 17.1 Å². The van der Waals surface area contributed by atoms with Crippen LogP contribution in [0.5, 0.6) is 0 Å². The molecule has 5 rings (SSSR count). The van der Waals surface area contributed by atoms with Gasteiger partial charge < -0.3 is 9.32 Å². The molecule has 3 heterocycles. The van der Waals surface area contributed by atoms with Gasteiger partial charge in [-0.3, -0.25) is 9.78 Å². The predicted molar refractivity (Wildman–Crippen MR) is 101 cm³/mol. The number of piperidine rings is 1. The molecule has 1 aliphatic heterocycles. The molecule has 1 amide bonds. The SMILES string of the molecule is O=C(c1ccc2oc(=O)[nH]c2n1)N1CCCC2(CCCc3ccccc32)C1. The Bertz CT molecular complexity index is 1080. The van der Waals surface area contributed by atoms with Crippen molar-refractivity contribution in [3.63, 3.8) is 0 Å². The number of fused-ring (bicyclic) bond motifs is 3. The minimum atomic E-state index is -0.558. The summed E-state index contributed by atoms with van der Waals surface area (Å²) in [6, 6.07) is 11.9. The maximum absolute atomic E-state index is 13.1. The van der Waals surface area contributed by atoms with E-state index in [2.05, 4.69) is 34.2 Å². The van der Waals surface area contributed by atoms with Crippen molar-refractivity contribution in [1.82, 2.24) is 14.9 Å². The molecule has 1 aliphatic carbocycles. The number of rotatable bonds is 1. The number of amides is 1. The number of H-pyrrole nitrogens is 1. The van der Waals surface area contributed by atoms with Gasteiger partial charge in [0.1, 0.15) is 5.69 Å². The number of benzene rings is 1. The number of nitrogens with one attached hydrogen (secondary N) is 1. The Morgan fingerprint density at radius 3 is 2.93 bits per heavy atom. The fourth-order valence-electron chi connectivity index (χ4n) is 4.86. The first kappa shape index (κ1) is 16.3. The Hall–Kier alpha value is -2.89. The Kier molecular flexibility index (Phi) is 3.67. The lowest BCUT2D eigenvalue weighted by Gasteiger charge is -2.46. The number of aromatic amines is 1. The van der Waals surface area contributed by atoms with Crippen molar-refractivity contribution in [1.29, 1.82) is 0 Å². The highest BCUT2D eigenvalue weighted by Crippen LogP contribution is 2.43. The van der Waals surface area contributed by atoms with Crippen LogP contribution in [-0.2, 0) is 11.8 Å². The van der Waals surface area contributed by atoms with E-state index in [1.54, 1.807) is 12.1 Å². The van der Waals surface area contributed by atoms with E-state index < -0.39 is 5.76 Å². The standard InChI is InChI=1S/C21H21N3O3/c25-19(16-8-9-17-18(22-16)23-20(26)27-17)24-12-4-11-21(13-24)10-3-6-14-5-1-2-7-15(14)21/h1-2,5,7-9H,3-4,6,10-13H2,(H,22,23,26). The van der Waals surface area contributed by atoms with Gasteiger partial charge in [-0.05, 0) is 55.4 Å². The van der Waals surface area contributed by atoms with E-state index in [1.807, 2.05) is 4.90 Å². The largest absolute Gasteiger partial charge is 0.418 e. The third-order valence-corrected chi connectivity index (χ3v) is 6.05.